The molecule has 1 atom stereocenters. The molecular formula is C9H12N4OS. The molecule has 6 heteroatoms. The maximum Gasteiger partial charge on any atom is 0.217 e. The smallest absolute Gasteiger partial charge is 0.217 e. The number of hydrogen-bond acceptors (Lipinski definition) is 4. The minimum atomic E-state index is -0.0371. The predicted octanol–water partition coefficient (Wildman–Crippen LogP) is 2.15. The number of rotatable bonds is 2. The van der Waals surface area contributed by atoms with Crippen LogP contribution in [0.3, 0.4) is 0 Å². The molecule has 0 saturated carbocycles. The third-order valence-electron chi connectivity index (χ3n) is 2.26. The van der Waals surface area contributed by atoms with Crippen molar-refractivity contribution in [2.45, 2.75) is 26.8 Å². The quantitative estimate of drug-likeness (QED) is 0.794. The molecule has 0 spiro atoms. The summed E-state index contributed by atoms with van der Waals surface area (Å²) in [5.41, 5.74) is 0. The van der Waals surface area contributed by atoms with Gasteiger partial charge in [-0.3, -0.25) is 9.67 Å². The van der Waals surface area contributed by atoms with Crippen LogP contribution in [0.2, 0.25) is 0 Å². The molecule has 0 saturated heterocycles. The highest BCUT2D eigenvalue weighted by atomic mass is 32.1. The average Bonchev–Trinajstić information content (AvgIpc) is 2.73. The Morgan fingerprint density at radius 3 is 2.73 bits per heavy atom. The first-order valence-electron chi connectivity index (χ1n) is 4.65. The van der Waals surface area contributed by atoms with Gasteiger partial charge in [0.15, 0.2) is 4.77 Å². The van der Waals surface area contributed by atoms with Gasteiger partial charge in [-0.2, -0.15) is 5.10 Å². The molecular weight excluding hydrogens is 212 g/mol. The van der Waals surface area contributed by atoms with E-state index in [1.54, 1.807) is 6.20 Å². The summed E-state index contributed by atoms with van der Waals surface area (Å²) in [6.07, 6.45) is 1.70. The first-order valence-corrected chi connectivity index (χ1v) is 5.06. The van der Waals surface area contributed by atoms with Crippen LogP contribution in [0.5, 0.6) is 0 Å². The fraction of sp³-hybridized carbons (Fsp3) is 0.444. The van der Waals surface area contributed by atoms with Gasteiger partial charge in [0.05, 0.1) is 6.20 Å². The lowest BCUT2D eigenvalue weighted by molar-refractivity contribution is 0.409. The Kier molecular flexibility index (Phi) is 2.44. The molecule has 0 amide bonds. The van der Waals surface area contributed by atoms with E-state index in [1.165, 1.54) is 0 Å². The van der Waals surface area contributed by atoms with Crippen LogP contribution in [0, 0.1) is 18.6 Å². The molecule has 80 valence electrons. The summed E-state index contributed by atoms with van der Waals surface area (Å²) in [5, 5.41) is 6.79. The molecule has 1 unspecified atom stereocenters. The average molecular weight is 224 g/mol. The Morgan fingerprint density at radius 2 is 2.27 bits per heavy atom. The summed E-state index contributed by atoms with van der Waals surface area (Å²) in [4.78, 5) is 4.18. The van der Waals surface area contributed by atoms with Gasteiger partial charge in [-0.1, -0.05) is 0 Å². The first-order chi connectivity index (χ1) is 7.09. The van der Waals surface area contributed by atoms with E-state index in [0.29, 0.717) is 10.7 Å². The molecule has 0 fully saturated rings. The monoisotopic (exact) mass is 224 g/mol. The summed E-state index contributed by atoms with van der Waals surface area (Å²) in [6.45, 7) is 5.73. The lowest BCUT2D eigenvalue weighted by Crippen LogP contribution is -2.09. The maximum absolute atomic E-state index is 5.46. The summed E-state index contributed by atoms with van der Waals surface area (Å²) in [7, 11) is 0. The van der Waals surface area contributed by atoms with E-state index in [9.17, 15) is 0 Å². The second kappa shape index (κ2) is 3.62. The van der Waals surface area contributed by atoms with Gasteiger partial charge >= 0.3 is 0 Å². The standard InChI is InChI=1S/C9H12N4OS/c1-5-4-10-8(14-5)6(2)13-7(3)11-12-9(13)15/h4,6H,1-3H3,(H,12,15). The third kappa shape index (κ3) is 1.72. The fourth-order valence-corrected chi connectivity index (χ4v) is 1.85. The Hall–Kier alpha value is -1.43. The topological polar surface area (TPSA) is 59.6 Å². The molecule has 0 aromatic carbocycles. The van der Waals surface area contributed by atoms with Crippen molar-refractivity contribution < 1.29 is 4.42 Å². The third-order valence-corrected chi connectivity index (χ3v) is 2.55. The van der Waals surface area contributed by atoms with Crippen molar-refractivity contribution in [3.8, 4) is 0 Å². The van der Waals surface area contributed by atoms with Crippen molar-refractivity contribution in [2.75, 3.05) is 0 Å². The second-order valence-electron chi connectivity index (χ2n) is 3.43. The minimum Gasteiger partial charge on any atom is -0.444 e. The van der Waals surface area contributed by atoms with Gasteiger partial charge in [0, 0.05) is 0 Å². The van der Waals surface area contributed by atoms with Crippen LogP contribution in [-0.4, -0.2) is 19.7 Å². The van der Waals surface area contributed by atoms with Crippen molar-refractivity contribution in [2.24, 2.45) is 0 Å². The number of aromatic nitrogens is 4. The van der Waals surface area contributed by atoms with Crippen LogP contribution in [-0.2, 0) is 0 Å². The van der Waals surface area contributed by atoms with E-state index in [0.717, 1.165) is 11.6 Å². The molecule has 0 radical (unpaired) electrons. The number of hydrogen-bond donors (Lipinski definition) is 1. The van der Waals surface area contributed by atoms with E-state index < -0.39 is 0 Å². The van der Waals surface area contributed by atoms with Gasteiger partial charge in [-0.15, -0.1) is 0 Å². The van der Waals surface area contributed by atoms with Gasteiger partial charge in [-0.25, -0.2) is 4.98 Å². The molecule has 2 aromatic rings. The van der Waals surface area contributed by atoms with Crippen molar-refractivity contribution in [1.82, 2.24) is 19.7 Å². The largest absolute Gasteiger partial charge is 0.444 e. The molecule has 2 aromatic heterocycles. The maximum atomic E-state index is 5.46. The lowest BCUT2D eigenvalue weighted by atomic mass is 10.3. The summed E-state index contributed by atoms with van der Waals surface area (Å²) >= 11 is 5.13. The lowest BCUT2D eigenvalue weighted by Gasteiger charge is -2.09. The highest BCUT2D eigenvalue weighted by Gasteiger charge is 2.16. The van der Waals surface area contributed by atoms with E-state index >= 15 is 0 Å². The van der Waals surface area contributed by atoms with E-state index in [2.05, 4.69) is 15.2 Å². The van der Waals surface area contributed by atoms with Crippen molar-refractivity contribution in [3.05, 3.63) is 28.4 Å². The molecule has 2 heterocycles. The second-order valence-corrected chi connectivity index (χ2v) is 3.82. The Balaban J connectivity index is 2.44. The fourth-order valence-electron chi connectivity index (χ4n) is 1.52. The summed E-state index contributed by atoms with van der Waals surface area (Å²) in [5.74, 6) is 2.26. The van der Waals surface area contributed by atoms with Crippen LogP contribution in [0.15, 0.2) is 10.6 Å². The Bertz CT molecular complexity index is 524. The zero-order chi connectivity index (χ0) is 11.0. The van der Waals surface area contributed by atoms with Crippen LogP contribution in [0.25, 0.3) is 0 Å². The molecule has 0 aliphatic rings. The molecule has 2 rings (SSSR count). The molecule has 1 N–H and O–H groups in total. The van der Waals surface area contributed by atoms with Gasteiger partial charge in [0.2, 0.25) is 5.89 Å². The number of nitrogens with zero attached hydrogens (tertiary/aromatic N) is 3. The van der Waals surface area contributed by atoms with Gasteiger partial charge in [0.25, 0.3) is 0 Å². The predicted molar refractivity (Wildman–Crippen MR) is 57.2 cm³/mol. The SMILES string of the molecule is Cc1cnc(C(C)n2c(C)n[nH]c2=S)o1. The molecule has 0 bridgehead atoms. The van der Waals surface area contributed by atoms with Gasteiger partial charge in [0.1, 0.15) is 17.6 Å². The van der Waals surface area contributed by atoms with Gasteiger partial charge in [-0.05, 0) is 33.0 Å². The van der Waals surface area contributed by atoms with E-state index in [-0.39, 0.29) is 6.04 Å². The highest BCUT2D eigenvalue weighted by molar-refractivity contribution is 7.71. The number of nitrogens with one attached hydrogen (secondary N) is 1. The zero-order valence-corrected chi connectivity index (χ0v) is 9.63. The molecule has 15 heavy (non-hydrogen) atoms. The molecule has 0 aliphatic carbocycles. The van der Waals surface area contributed by atoms with Crippen molar-refractivity contribution >= 4 is 12.2 Å². The van der Waals surface area contributed by atoms with E-state index in [4.69, 9.17) is 16.6 Å². The van der Waals surface area contributed by atoms with Crippen molar-refractivity contribution in [3.63, 3.8) is 0 Å². The van der Waals surface area contributed by atoms with Crippen LogP contribution in [0.4, 0.5) is 0 Å². The summed E-state index contributed by atoms with van der Waals surface area (Å²) in [6, 6.07) is -0.0371. The van der Waals surface area contributed by atoms with Crippen LogP contribution >= 0.6 is 12.2 Å². The van der Waals surface area contributed by atoms with E-state index in [1.807, 2.05) is 25.3 Å². The number of oxazole rings is 1. The van der Waals surface area contributed by atoms with Crippen molar-refractivity contribution in [1.29, 1.82) is 0 Å². The Morgan fingerprint density at radius 1 is 1.53 bits per heavy atom. The van der Waals surface area contributed by atoms with Gasteiger partial charge < -0.3 is 4.42 Å². The molecule has 5 nitrogen and oxygen atoms in total. The molecule has 0 aliphatic heterocycles. The minimum absolute atomic E-state index is 0.0371. The summed E-state index contributed by atoms with van der Waals surface area (Å²) < 4.78 is 7.91. The first kappa shape index (κ1) is 10.1. The number of aryl methyl sites for hydroxylation is 2. The van der Waals surface area contributed by atoms with Crippen LogP contribution in [0.1, 0.15) is 30.4 Å². The number of H-pyrrole nitrogens is 1. The van der Waals surface area contributed by atoms with Crippen LogP contribution < -0.4 is 0 Å². The highest BCUT2D eigenvalue weighted by Crippen LogP contribution is 2.18. The Labute approximate surface area is 92.1 Å². The number of aromatic amines is 1. The normalized spacial score (nSPS) is 13.0. The zero-order valence-electron chi connectivity index (χ0n) is 8.81.